The maximum atomic E-state index is 13.1. The van der Waals surface area contributed by atoms with Crippen LogP contribution in [0.15, 0.2) is 53.4 Å². The summed E-state index contributed by atoms with van der Waals surface area (Å²) < 4.78 is 29.2. The summed E-state index contributed by atoms with van der Waals surface area (Å²) in [6.07, 6.45) is 5.96. The largest absolute Gasteiger partial charge is 0.355 e. The predicted octanol–water partition coefficient (Wildman–Crippen LogP) is 5.01. The van der Waals surface area contributed by atoms with Gasteiger partial charge in [-0.1, -0.05) is 56.5 Å². The number of nitrogens with one attached hydrogen (secondary N) is 2. The highest BCUT2D eigenvalue weighted by molar-refractivity contribution is 7.89. The first kappa shape index (κ1) is 18.3. The lowest BCUT2D eigenvalue weighted by Gasteiger charge is -2.23. The van der Waals surface area contributed by atoms with E-state index in [-0.39, 0.29) is 6.04 Å². The molecule has 4 nitrogen and oxygen atoms in total. The molecule has 2 N–H and O–H groups in total. The van der Waals surface area contributed by atoms with Gasteiger partial charge in [-0.15, -0.1) is 0 Å². The third kappa shape index (κ3) is 3.80. The summed E-state index contributed by atoms with van der Waals surface area (Å²) in [5.74, 6) is 0. The lowest BCUT2D eigenvalue weighted by Crippen LogP contribution is -2.36. The molecule has 0 atom stereocenters. The van der Waals surface area contributed by atoms with E-state index in [1.807, 2.05) is 43.3 Å². The van der Waals surface area contributed by atoms with Crippen molar-refractivity contribution < 1.29 is 8.42 Å². The summed E-state index contributed by atoms with van der Waals surface area (Å²) in [6, 6.07) is 16.0. The second-order valence-electron chi connectivity index (χ2n) is 7.40. The zero-order valence-corrected chi connectivity index (χ0v) is 16.5. The molecule has 1 aliphatic carbocycles. The molecule has 5 heteroatoms. The van der Waals surface area contributed by atoms with E-state index in [2.05, 4.69) is 21.8 Å². The molecule has 0 unspecified atom stereocenters. The van der Waals surface area contributed by atoms with Gasteiger partial charge in [-0.05, 0) is 48.6 Å². The Bertz CT molecular complexity index is 1010. The first-order valence-corrected chi connectivity index (χ1v) is 11.3. The number of aromatic nitrogens is 1. The van der Waals surface area contributed by atoms with Gasteiger partial charge in [0.25, 0.3) is 0 Å². The number of H-pyrrole nitrogens is 1. The van der Waals surface area contributed by atoms with Gasteiger partial charge in [0.2, 0.25) is 10.0 Å². The Kier molecular flexibility index (Phi) is 5.06. The van der Waals surface area contributed by atoms with Crippen LogP contribution < -0.4 is 4.72 Å². The van der Waals surface area contributed by atoms with Gasteiger partial charge in [0.1, 0.15) is 0 Å². The number of aromatic amines is 1. The maximum Gasteiger partial charge on any atom is 0.241 e. The van der Waals surface area contributed by atoms with Crippen LogP contribution in [0.25, 0.3) is 22.2 Å². The number of benzene rings is 2. The van der Waals surface area contributed by atoms with Crippen molar-refractivity contribution in [2.24, 2.45) is 0 Å². The second kappa shape index (κ2) is 7.49. The zero-order valence-electron chi connectivity index (χ0n) is 15.7. The Hall–Kier alpha value is -2.11. The van der Waals surface area contributed by atoms with Crippen molar-refractivity contribution in [3.8, 4) is 11.3 Å². The van der Waals surface area contributed by atoms with Crippen LogP contribution in [0.2, 0.25) is 0 Å². The summed E-state index contributed by atoms with van der Waals surface area (Å²) in [5.41, 5.74) is 3.75. The highest BCUT2D eigenvalue weighted by atomic mass is 32.2. The molecule has 0 amide bonds. The van der Waals surface area contributed by atoms with Gasteiger partial charge in [0.05, 0.1) is 4.90 Å². The Morgan fingerprint density at radius 1 is 1.04 bits per heavy atom. The zero-order chi connectivity index (χ0) is 18.9. The summed E-state index contributed by atoms with van der Waals surface area (Å²) in [5, 5.41) is 1.12. The summed E-state index contributed by atoms with van der Waals surface area (Å²) in [6.45, 7) is 2.00. The number of para-hydroxylation sites is 1. The van der Waals surface area contributed by atoms with Gasteiger partial charge >= 0.3 is 0 Å². The summed E-state index contributed by atoms with van der Waals surface area (Å²) >= 11 is 0. The number of hydrogen-bond donors (Lipinski definition) is 2. The van der Waals surface area contributed by atoms with Crippen LogP contribution in [0.5, 0.6) is 0 Å². The highest BCUT2D eigenvalue weighted by Crippen LogP contribution is 2.29. The smallest absolute Gasteiger partial charge is 0.241 e. The number of fused-ring (bicyclic) bond motifs is 1. The Morgan fingerprint density at radius 2 is 1.81 bits per heavy atom. The predicted molar refractivity (Wildman–Crippen MR) is 110 cm³/mol. The molecular formula is C22H26N2O2S. The molecule has 1 aliphatic rings. The molecule has 0 aliphatic heterocycles. The monoisotopic (exact) mass is 382 g/mol. The normalized spacial score (nSPS) is 16.0. The molecule has 1 saturated carbocycles. The van der Waals surface area contributed by atoms with Crippen LogP contribution in [0.3, 0.4) is 0 Å². The Morgan fingerprint density at radius 3 is 2.56 bits per heavy atom. The topological polar surface area (TPSA) is 62.0 Å². The van der Waals surface area contributed by atoms with Crippen LogP contribution in [-0.2, 0) is 16.4 Å². The number of hydrogen-bond acceptors (Lipinski definition) is 2. The van der Waals surface area contributed by atoms with E-state index < -0.39 is 10.0 Å². The SMILES string of the molecule is CCc1ccc(-c2cc3ccccc3[nH]2)cc1S(=O)(=O)NC1CCCCC1. The number of aryl methyl sites for hydroxylation is 1. The van der Waals surface area contributed by atoms with Crippen LogP contribution in [0.4, 0.5) is 0 Å². The summed E-state index contributed by atoms with van der Waals surface area (Å²) in [4.78, 5) is 3.80. The Labute approximate surface area is 161 Å². The molecule has 142 valence electrons. The van der Waals surface area contributed by atoms with Crippen molar-refractivity contribution in [2.75, 3.05) is 0 Å². The van der Waals surface area contributed by atoms with Crippen molar-refractivity contribution in [2.45, 2.75) is 56.4 Å². The quantitative estimate of drug-likeness (QED) is 0.652. The molecule has 2 aromatic carbocycles. The van der Waals surface area contributed by atoms with Crippen molar-refractivity contribution in [1.82, 2.24) is 9.71 Å². The van der Waals surface area contributed by atoms with Crippen LogP contribution in [0.1, 0.15) is 44.6 Å². The molecule has 1 aromatic heterocycles. The minimum absolute atomic E-state index is 0.0604. The average molecular weight is 383 g/mol. The van der Waals surface area contributed by atoms with E-state index in [4.69, 9.17) is 0 Å². The van der Waals surface area contributed by atoms with Gasteiger partial charge in [-0.2, -0.15) is 0 Å². The van der Waals surface area contributed by atoms with Crippen LogP contribution >= 0.6 is 0 Å². The lowest BCUT2D eigenvalue weighted by molar-refractivity contribution is 0.412. The van der Waals surface area contributed by atoms with Crippen molar-refractivity contribution in [3.63, 3.8) is 0 Å². The molecule has 27 heavy (non-hydrogen) atoms. The lowest BCUT2D eigenvalue weighted by atomic mass is 9.96. The second-order valence-corrected chi connectivity index (χ2v) is 9.08. The first-order chi connectivity index (χ1) is 13.1. The minimum atomic E-state index is -3.53. The van der Waals surface area contributed by atoms with E-state index in [0.29, 0.717) is 11.3 Å². The van der Waals surface area contributed by atoms with E-state index in [1.54, 1.807) is 0 Å². The number of rotatable bonds is 5. The third-order valence-electron chi connectivity index (χ3n) is 5.51. The molecule has 0 spiro atoms. The van der Waals surface area contributed by atoms with E-state index in [0.717, 1.165) is 53.4 Å². The minimum Gasteiger partial charge on any atom is -0.355 e. The van der Waals surface area contributed by atoms with Crippen molar-refractivity contribution in [3.05, 3.63) is 54.1 Å². The standard InChI is InChI=1S/C22H26N2O2S/c1-2-16-12-13-18(21-14-17-8-6-7-11-20(17)23-21)15-22(16)27(25,26)24-19-9-4-3-5-10-19/h6-8,11-15,19,23-24H,2-5,9-10H2,1H3. The fourth-order valence-electron chi connectivity index (χ4n) is 4.00. The van der Waals surface area contributed by atoms with Gasteiger partial charge in [-0.25, -0.2) is 13.1 Å². The fourth-order valence-corrected chi connectivity index (χ4v) is 5.64. The molecule has 0 saturated heterocycles. The average Bonchev–Trinajstić information content (AvgIpc) is 3.12. The third-order valence-corrected chi connectivity index (χ3v) is 7.11. The Balaban J connectivity index is 1.71. The molecule has 4 rings (SSSR count). The van der Waals surface area contributed by atoms with Gasteiger partial charge < -0.3 is 4.98 Å². The van der Waals surface area contributed by atoms with E-state index >= 15 is 0 Å². The van der Waals surface area contributed by atoms with E-state index in [1.165, 1.54) is 6.42 Å². The fraction of sp³-hybridized carbons (Fsp3) is 0.364. The highest BCUT2D eigenvalue weighted by Gasteiger charge is 2.24. The van der Waals surface area contributed by atoms with Crippen LogP contribution in [-0.4, -0.2) is 19.4 Å². The maximum absolute atomic E-state index is 13.1. The molecular weight excluding hydrogens is 356 g/mol. The first-order valence-electron chi connectivity index (χ1n) is 9.80. The summed E-state index contributed by atoms with van der Waals surface area (Å²) in [7, 11) is -3.53. The molecule has 3 aromatic rings. The molecule has 1 heterocycles. The van der Waals surface area contributed by atoms with Crippen molar-refractivity contribution in [1.29, 1.82) is 0 Å². The van der Waals surface area contributed by atoms with Crippen molar-refractivity contribution >= 4 is 20.9 Å². The molecule has 0 radical (unpaired) electrons. The molecule has 1 fully saturated rings. The van der Waals surface area contributed by atoms with Gasteiger partial charge in [0.15, 0.2) is 0 Å². The van der Waals surface area contributed by atoms with E-state index in [9.17, 15) is 8.42 Å². The van der Waals surface area contributed by atoms with Gasteiger partial charge in [-0.3, -0.25) is 0 Å². The van der Waals surface area contributed by atoms with Gasteiger partial charge in [0, 0.05) is 22.6 Å². The number of sulfonamides is 1. The van der Waals surface area contributed by atoms with Crippen LogP contribution in [0, 0.1) is 0 Å². The molecule has 0 bridgehead atoms.